The molecule has 0 atom stereocenters. The lowest BCUT2D eigenvalue weighted by molar-refractivity contribution is 0.442. The standard InChI is InChI=1S/C14H23N5/c1-11-17-12(16-10-14(2,3)4)9-13(18-11)19(5)8-6-7-15/h9H,6,8,10H2,1-5H3,(H,16,17,18). The molecule has 5 nitrogen and oxygen atoms in total. The number of nitrogens with one attached hydrogen (secondary N) is 1. The summed E-state index contributed by atoms with van der Waals surface area (Å²) in [4.78, 5) is 10.8. The van der Waals surface area contributed by atoms with Crippen LogP contribution in [-0.4, -0.2) is 30.1 Å². The van der Waals surface area contributed by atoms with Crippen LogP contribution >= 0.6 is 0 Å². The highest BCUT2D eigenvalue weighted by atomic mass is 15.2. The molecule has 0 amide bonds. The summed E-state index contributed by atoms with van der Waals surface area (Å²) in [6.45, 7) is 9.93. The highest BCUT2D eigenvalue weighted by molar-refractivity contribution is 5.49. The highest BCUT2D eigenvalue weighted by Gasteiger charge is 2.11. The van der Waals surface area contributed by atoms with E-state index in [1.54, 1.807) is 0 Å². The molecule has 1 heterocycles. The van der Waals surface area contributed by atoms with E-state index in [9.17, 15) is 0 Å². The predicted molar refractivity (Wildman–Crippen MR) is 78.2 cm³/mol. The third-order valence-electron chi connectivity index (χ3n) is 2.57. The molecule has 0 bridgehead atoms. The van der Waals surface area contributed by atoms with Gasteiger partial charge in [0.2, 0.25) is 0 Å². The first-order valence-corrected chi connectivity index (χ1v) is 6.49. The molecule has 0 unspecified atom stereocenters. The predicted octanol–water partition coefficient (Wildman–Crippen LogP) is 2.59. The minimum absolute atomic E-state index is 0.200. The first-order valence-electron chi connectivity index (χ1n) is 6.49. The van der Waals surface area contributed by atoms with Crippen LogP contribution in [0.15, 0.2) is 6.07 Å². The van der Waals surface area contributed by atoms with Gasteiger partial charge in [-0.15, -0.1) is 0 Å². The van der Waals surface area contributed by atoms with E-state index in [0.717, 1.165) is 24.0 Å². The summed E-state index contributed by atoms with van der Waals surface area (Å²) in [6.07, 6.45) is 0.490. The Labute approximate surface area is 115 Å². The van der Waals surface area contributed by atoms with Gasteiger partial charge in [-0.25, -0.2) is 9.97 Å². The molecule has 19 heavy (non-hydrogen) atoms. The third kappa shape index (κ3) is 5.56. The van der Waals surface area contributed by atoms with Crippen LogP contribution in [0.4, 0.5) is 11.6 Å². The molecule has 5 heteroatoms. The maximum Gasteiger partial charge on any atom is 0.134 e. The van der Waals surface area contributed by atoms with Crippen LogP contribution in [0, 0.1) is 23.7 Å². The number of anilines is 2. The lowest BCUT2D eigenvalue weighted by Crippen LogP contribution is -2.22. The summed E-state index contributed by atoms with van der Waals surface area (Å²) in [5.41, 5.74) is 0.200. The van der Waals surface area contributed by atoms with Gasteiger partial charge in [0.25, 0.3) is 0 Å². The molecule has 0 aliphatic carbocycles. The van der Waals surface area contributed by atoms with E-state index in [0.29, 0.717) is 13.0 Å². The van der Waals surface area contributed by atoms with Gasteiger partial charge in [0.15, 0.2) is 0 Å². The molecule has 0 spiro atoms. The van der Waals surface area contributed by atoms with Crippen LogP contribution in [0.25, 0.3) is 0 Å². The van der Waals surface area contributed by atoms with Crippen LogP contribution in [-0.2, 0) is 0 Å². The van der Waals surface area contributed by atoms with Crippen molar-refractivity contribution in [3.63, 3.8) is 0 Å². The second kappa shape index (κ2) is 6.37. The van der Waals surface area contributed by atoms with Crippen LogP contribution in [0.5, 0.6) is 0 Å². The monoisotopic (exact) mass is 261 g/mol. The normalized spacial score (nSPS) is 10.9. The fraction of sp³-hybridized carbons (Fsp3) is 0.643. The summed E-state index contributed by atoms with van der Waals surface area (Å²) < 4.78 is 0. The van der Waals surface area contributed by atoms with Gasteiger partial charge < -0.3 is 10.2 Å². The summed E-state index contributed by atoms with van der Waals surface area (Å²) in [7, 11) is 1.94. The number of nitriles is 1. The molecule has 0 aliphatic heterocycles. The summed E-state index contributed by atoms with van der Waals surface area (Å²) in [5, 5.41) is 12.0. The van der Waals surface area contributed by atoms with E-state index < -0.39 is 0 Å². The summed E-state index contributed by atoms with van der Waals surface area (Å²) in [6, 6.07) is 4.07. The van der Waals surface area contributed by atoms with Crippen LogP contribution in [0.1, 0.15) is 33.0 Å². The van der Waals surface area contributed by atoms with Gasteiger partial charge in [-0.05, 0) is 12.3 Å². The van der Waals surface area contributed by atoms with Crippen LogP contribution in [0.3, 0.4) is 0 Å². The number of nitrogens with zero attached hydrogens (tertiary/aromatic N) is 4. The van der Waals surface area contributed by atoms with E-state index in [-0.39, 0.29) is 5.41 Å². The van der Waals surface area contributed by atoms with Crippen molar-refractivity contribution in [3.05, 3.63) is 11.9 Å². The SMILES string of the molecule is Cc1nc(NCC(C)(C)C)cc(N(C)CCC#N)n1. The highest BCUT2D eigenvalue weighted by Crippen LogP contribution is 2.18. The summed E-state index contributed by atoms with van der Waals surface area (Å²) >= 11 is 0. The number of hydrogen-bond donors (Lipinski definition) is 1. The second-order valence-electron chi connectivity index (χ2n) is 5.90. The molecule has 0 saturated heterocycles. The molecule has 0 aromatic carbocycles. The Morgan fingerprint density at radius 3 is 2.63 bits per heavy atom. The fourth-order valence-corrected chi connectivity index (χ4v) is 1.53. The van der Waals surface area contributed by atoms with E-state index >= 15 is 0 Å². The van der Waals surface area contributed by atoms with E-state index in [4.69, 9.17) is 5.26 Å². The van der Waals surface area contributed by atoms with Gasteiger partial charge in [-0.2, -0.15) is 5.26 Å². The Kier molecular flexibility index (Phi) is 5.11. The van der Waals surface area contributed by atoms with Crippen molar-refractivity contribution in [3.8, 4) is 6.07 Å². The zero-order chi connectivity index (χ0) is 14.5. The maximum atomic E-state index is 8.62. The first-order chi connectivity index (χ1) is 8.81. The number of aryl methyl sites for hydroxylation is 1. The van der Waals surface area contributed by atoms with Crippen LogP contribution < -0.4 is 10.2 Å². The van der Waals surface area contributed by atoms with E-state index in [1.807, 2.05) is 24.9 Å². The third-order valence-corrected chi connectivity index (χ3v) is 2.57. The molecule has 1 N–H and O–H groups in total. The maximum absolute atomic E-state index is 8.62. The van der Waals surface area contributed by atoms with Crippen molar-refractivity contribution < 1.29 is 0 Å². The molecule has 1 aromatic heterocycles. The largest absolute Gasteiger partial charge is 0.369 e. The quantitative estimate of drug-likeness (QED) is 0.882. The summed E-state index contributed by atoms with van der Waals surface area (Å²) in [5.74, 6) is 2.41. The van der Waals surface area contributed by atoms with Crippen molar-refractivity contribution in [2.45, 2.75) is 34.1 Å². The Bertz CT molecular complexity index is 456. The zero-order valence-electron chi connectivity index (χ0n) is 12.5. The number of rotatable bonds is 5. The lowest BCUT2D eigenvalue weighted by atomic mass is 9.97. The second-order valence-corrected chi connectivity index (χ2v) is 5.90. The molecule has 0 saturated carbocycles. The lowest BCUT2D eigenvalue weighted by Gasteiger charge is -2.21. The Hall–Kier alpha value is -1.83. The average Bonchev–Trinajstić information content (AvgIpc) is 2.32. The van der Waals surface area contributed by atoms with Gasteiger partial charge in [0.05, 0.1) is 12.5 Å². The van der Waals surface area contributed by atoms with E-state index in [2.05, 4.69) is 42.1 Å². The Morgan fingerprint density at radius 2 is 2.05 bits per heavy atom. The van der Waals surface area contributed by atoms with Gasteiger partial charge in [-0.3, -0.25) is 0 Å². The van der Waals surface area contributed by atoms with Gasteiger partial charge >= 0.3 is 0 Å². The molecule has 1 aromatic rings. The molecule has 0 fully saturated rings. The van der Waals surface area contributed by atoms with Gasteiger partial charge in [0, 0.05) is 26.2 Å². The molecule has 0 radical (unpaired) electrons. The smallest absolute Gasteiger partial charge is 0.134 e. The first kappa shape index (κ1) is 15.2. The Balaban J connectivity index is 2.79. The van der Waals surface area contributed by atoms with Gasteiger partial charge in [0.1, 0.15) is 17.5 Å². The van der Waals surface area contributed by atoms with Crippen molar-refractivity contribution in [1.82, 2.24) is 9.97 Å². The molecular formula is C14H23N5. The van der Waals surface area contributed by atoms with Gasteiger partial charge in [-0.1, -0.05) is 20.8 Å². The van der Waals surface area contributed by atoms with Crippen LogP contribution in [0.2, 0.25) is 0 Å². The fourth-order valence-electron chi connectivity index (χ4n) is 1.53. The minimum atomic E-state index is 0.200. The van der Waals surface area contributed by atoms with Crippen molar-refractivity contribution in [1.29, 1.82) is 5.26 Å². The van der Waals surface area contributed by atoms with Crippen molar-refractivity contribution in [2.75, 3.05) is 30.4 Å². The van der Waals surface area contributed by atoms with Crippen molar-refractivity contribution >= 4 is 11.6 Å². The zero-order valence-corrected chi connectivity index (χ0v) is 12.5. The molecule has 1 rings (SSSR count). The molecular weight excluding hydrogens is 238 g/mol. The van der Waals surface area contributed by atoms with Crippen molar-refractivity contribution in [2.24, 2.45) is 5.41 Å². The van der Waals surface area contributed by atoms with E-state index in [1.165, 1.54) is 0 Å². The average molecular weight is 261 g/mol. The Morgan fingerprint density at radius 1 is 1.37 bits per heavy atom. The topological polar surface area (TPSA) is 64.8 Å². The molecule has 104 valence electrons. The number of hydrogen-bond acceptors (Lipinski definition) is 5. The molecule has 0 aliphatic rings. The minimum Gasteiger partial charge on any atom is -0.369 e. The number of aromatic nitrogens is 2.